The molecule has 3 aromatic rings. The van der Waals surface area contributed by atoms with Crippen LogP contribution in [0.1, 0.15) is 5.69 Å². The number of aromatic nitrogens is 2. The van der Waals surface area contributed by atoms with Gasteiger partial charge >= 0.3 is 0 Å². The predicted molar refractivity (Wildman–Crippen MR) is 81.7 cm³/mol. The molecule has 3 rings (SSSR count). The minimum Gasteiger partial charge on any atom is -0.495 e. The first-order valence-electron chi connectivity index (χ1n) is 6.61. The van der Waals surface area contributed by atoms with Gasteiger partial charge in [0, 0.05) is 30.1 Å². The fourth-order valence-corrected chi connectivity index (χ4v) is 2.13. The topological polar surface area (TPSA) is 70.3 Å². The average Bonchev–Trinajstić information content (AvgIpc) is 2.50. The number of pyridine rings is 2. The number of benzene rings is 1. The average molecular weight is 299 g/mol. The Morgan fingerprint density at radius 1 is 1.09 bits per heavy atom. The quantitative estimate of drug-likeness (QED) is 0.750. The molecule has 0 fully saturated rings. The molecule has 0 aliphatic rings. The first kappa shape index (κ1) is 14.1. The third kappa shape index (κ3) is 2.50. The fourth-order valence-electron chi connectivity index (χ4n) is 2.13. The van der Waals surface area contributed by atoms with Gasteiger partial charge in [0.25, 0.3) is 0 Å². The van der Waals surface area contributed by atoms with Gasteiger partial charge in [-0.1, -0.05) is 0 Å². The van der Waals surface area contributed by atoms with Crippen molar-refractivity contribution in [3.63, 3.8) is 0 Å². The lowest BCUT2D eigenvalue weighted by Crippen LogP contribution is -1.96. The summed E-state index contributed by atoms with van der Waals surface area (Å²) in [5.41, 5.74) is 7.71. The van der Waals surface area contributed by atoms with Crippen LogP contribution in [0.2, 0.25) is 0 Å². The van der Waals surface area contributed by atoms with Crippen LogP contribution >= 0.6 is 0 Å². The highest BCUT2D eigenvalue weighted by Crippen LogP contribution is 2.32. The molecule has 0 spiro atoms. The first-order valence-corrected chi connectivity index (χ1v) is 6.61. The van der Waals surface area contributed by atoms with Gasteiger partial charge in [-0.2, -0.15) is 0 Å². The van der Waals surface area contributed by atoms with E-state index >= 15 is 0 Å². The summed E-state index contributed by atoms with van der Waals surface area (Å²) in [5.74, 6) is 0.599. The molecule has 0 aliphatic heterocycles. The van der Waals surface area contributed by atoms with Crippen molar-refractivity contribution in [3.8, 4) is 17.2 Å². The normalized spacial score (nSPS) is 10.7. The molecule has 0 saturated heterocycles. The van der Waals surface area contributed by atoms with Crippen LogP contribution in [-0.4, -0.2) is 17.1 Å². The number of hydrogen-bond donors (Lipinski definition) is 1. The Bertz CT molecular complexity index is 852. The molecule has 0 aliphatic carbocycles. The molecule has 0 unspecified atom stereocenters. The molecular formula is C16H14FN3O2. The van der Waals surface area contributed by atoms with Crippen LogP contribution in [0.25, 0.3) is 11.0 Å². The minimum absolute atomic E-state index is 0.0805. The SMILES string of the molecule is COc1cc2nccc(Oc3ccc(N)cc3F)c2nc1C. The lowest BCUT2D eigenvalue weighted by atomic mass is 10.2. The van der Waals surface area contributed by atoms with E-state index in [4.69, 9.17) is 15.2 Å². The van der Waals surface area contributed by atoms with Crippen molar-refractivity contribution in [1.29, 1.82) is 0 Å². The Morgan fingerprint density at radius 2 is 1.91 bits per heavy atom. The molecule has 0 bridgehead atoms. The number of aryl methyl sites for hydroxylation is 1. The Hall–Kier alpha value is -2.89. The van der Waals surface area contributed by atoms with E-state index in [0.717, 1.165) is 0 Å². The number of rotatable bonds is 3. The van der Waals surface area contributed by atoms with Gasteiger partial charge in [-0.05, 0) is 19.1 Å². The number of halogens is 1. The number of nitrogens with two attached hydrogens (primary N) is 1. The van der Waals surface area contributed by atoms with E-state index in [-0.39, 0.29) is 5.75 Å². The molecule has 2 aromatic heterocycles. The molecule has 6 heteroatoms. The zero-order valence-corrected chi connectivity index (χ0v) is 12.1. The van der Waals surface area contributed by atoms with Crippen LogP contribution in [0.5, 0.6) is 17.2 Å². The highest BCUT2D eigenvalue weighted by Gasteiger charge is 2.12. The first-order chi connectivity index (χ1) is 10.6. The molecule has 0 saturated carbocycles. The van der Waals surface area contributed by atoms with Crippen molar-refractivity contribution >= 4 is 16.7 Å². The number of nitrogens with zero attached hydrogens (tertiary/aromatic N) is 2. The smallest absolute Gasteiger partial charge is 0.167 e. The number of ether oxygens (including phenoxy) is 2. The van der Waals surface area contributed by atoms with E-state index in [0.29, 0.717) is 33.9 Å². The van der Waals surface area contributed by atoms with E-state index in [1.165, 1.54) is 12.1 Å². The van der Waals surface area contributed by atoms with Crippen molar-refractivity contribution in [2.75, 3.05) is 12.8 Å². The van der Waals surface area contributed by atoms with Crippen molar-refractivity contribution < 1.29 is 13.9 Å². The Labute approximate surface area is 126 Å². The van der Waals surface area contributed by atoms with E-state index in [1.807, 2.05) is 6.92 Å². The van der Waals surface area contributed by atoms with Crippen LogP contribution in [-0.2, 0) is 0 Å². The van der Waals surface area contributed by atoms with Crippen molar-refractivity contribution in [1.82, 2.24) is 9.97 Å². The zero-order chi connectivity index (χ0) is 15.7. The third-order valence-electron chi connectivity index (χ3n) is 3.22. The summed E-state index contributed by atoms with van der Waals surface area (Å²) >= 11 is 0. The van der Waals surface area contributed by atoms with E-state index in [1.54, 1.807) is 31.5 Å². The van der Waals surface area contributed by atoms with Crippen LogP contribution in [0.15, 0.2) is 36.5 Å². The van der Waals surface area contributed by atoms with Gasteiger partial charge in [0.15, 0.2) is 17.3 Å². The highest BCUT2D eigenvalue weighted by molar-refractivity contribution is 5.82. The summed E-state index contributed by atoms with van der Waals surface area (Å²) in [6.07, 6.45) is 1.57. The second-order valence-corrected chi connectivity index (χ2v) is 4.74. The maximum Gasteiger partial charge on any atom is 0.167 e. The van der Waals surface area contributed by atoms with Crippen molar-refractivity contribution in [2.45, 2.75) is 6.92 Å². The number of hydrogen-bond acceptors (Lipinski definition) is 5. The molecule has 5 nitrogen and oxygen atoms in total. The van der Waals surface area contributed by atoms with Crippen LogP contribution in [0.3, 0.4) is 0 Å². The summed E-state index contributed by atoms with van der Waals surface area (Å²) in [6, 6.07) is 7.66. The number of nitrogen functional groups attached to an aromatic ring is 1. The second kappa shape index (κ2) is 5.48. The van der Waals surface area contributed by atoms with Crippen LogP contribution < -0.4 is 15.2 Å². The summed E-state index contributed by atoms with van der Waals surface area (Å²) in [7, 11) is 1.57. The number of fused-ring (bicyclic) bond motifs is 1. The van der Waals surface area contributed by atoms with E-state index < -0.39 is 5.82 Å². The molecule has 1 aromatic carbocycles. The van der Waals surface area contributed by atoms with E-state index in [9.17, 15) is 4.39 Å². The molecule has 0 radical (unpaired) electrons. The van der Waals surface area contributed by atoms with Gasteiger partial charge in [0.05, 0.1) is 18.3 Å². The van der Waals surface area contributed by atoms with Crippen LogP contribution in [0.4, 0.5) is 10.1 Å². The third-order valence-corrected chi connectivity index (χ3v) is 3.22. The van der Waals surface area contributed by atoms with Gasteiger partial charge in [-0.3, -0.25) is 4.98 Å². The molecule has 0 amide bonds. The Morgan fingerprint density at radius 3 is 2.64 bits per heavy atom. The van der Waals surface area contributed by atoms with Gasteiger partial charge in [-0.25, -0.2) is 9.37 Å². The van der Waals surface area contributed by atoms with Crippen molar-refractivity contribution in [2.24, 2.45) is 0 Å². The summed E-state index contributed by atoms with van der Waals surface area (Å²) < 4.78 is 24.7. The minimum atomic E-state index is -0.532. The molecule has 2 heterocycles. The van der Waals surface area contributed by atoms with Crippen molar-refractivity contribution in [3.05, 3.63) is 48.0 Å². The second-order valence-electron chi connectivity index (χ2n) is 4.74. The van der Waals surface area contributed by atoms with E-state index in [2.05, 4.69) is 9.97 Å². The standard InChI is InChI=1S/C16H14FN3O2/c1-9-15(21-2)8-12-16(20-9)14(5-6-19-12)22-13-4-3-10(18)7-11(13)17/h3-8H,18H2,1-2H3. The van der Waals surface area contributed by atoms with Gasteiger partial charge in [-0.15, -0.1) is 0 Å². The molecule has 112 valence electrons. The van der Waals surface area contributed by atoms with Gasteiger partial charge in [0.1, 0.15) is 11.3 Å². The van der Waals surface area contributed by atoms with Gasteiger partial charge in [0.2, 0.25) is 0 Å². The maximum atomic E-state index is 13.9. The Kier molecular flexibility index (Phi) is 3.50. The summed E-state index contributed by atoms with van der Waals surface area (Å²) in [6.45, 7) is 1.82. The molecular weight excluding hydrogens is 285 g/mol. The van der Waals surface area contributed by atoms with Gasteiger partial charge < -0.3 is 15.2 Å². The largest absolute Gasteiger partial charge is 0.495 e. The highest BCUT2D eigenvalue weighted by atomic mass is 19.1. The maximum absolute atomic E-state index is 13.9. The fraction of sp³-hybridized carbons (Fsp3) is 0.125. The predicted octanol–water partition coefficient (Wildman–Crippen LogP) is 3.46. The number of anilines is 1. The summed E-state index contributed by atoms with van der Waals surface area (Å²) in [5, 5.41) is 0. The lowest BCUT2D eigenvalue weighted by Gasteiger charge is -2.11. The molecule has 2 N–H and O–H groups in total. The molecule has 22 heavy (non-hydrogen) atoms. The monoisotopic (exact) mass is 299 g/mol. The number of methoxy groups -OCH3 is 1. The summed E-state index contributed by atoms with van der Waals surface area (Å²) in [4.78, 5) is 8.66. The Balaban J connectivity index is 2.09. The zero-order valence-electron chi connectivity index (χ0n) is 12.1. The molecule has 0 atom stereocenters. The van der Waals surface area contributed by atoms with Crippen LogP contribution in [0, 0.1) is 12.7 Å². The lowest BCUT2D eigenvalue weighted by molar-refractivity contribution is 0.409.